The molecule has 0 aliphatic carbocycles. The molecule has 0 fully saturated rings. The van der Waals surface area contributed by atoms with Crippen LogP contribution in [0.3, 0.4) is 0 Å². The van der Waals surface area contributed by atoms with E-state index in [2.05, 4.69) is 10.1 Å². The molecular weight excluding hydrogens is 218 g/mol. The minimum atomic E-state index is -0.876. The number of primary amides is 1. The monoisotopic (exact) mass is 230 g/mol. The van der Waals surface area contributed by atoms with Gasteiger partial charge < -0.3 is 15.8 Å². The molecule has 6 heteroatoms. The summed E-state index contributed by atoms with van der Waals surface area (Å²) in [5.41, 5.74) is 4.68. The van der Waals surface area contributed by atoms with Gasteiger partial charge in [-0.3, -0.25) is 0 Å². The van der Waals surface area contributed by atoms with E-state index in [0.29, 0.717) is 0 Å². The highest BCUT2D eigenvalue weighted by Crippen LogP contribution is 2.11. The second-order valence-electron chi connectivity index (χ2n) is 3.04. The molecule has 16 heavy (non-hydrogen) atoms. The Morgan fingerprint density at radius 1 is 1.38 bits per heavy atom. The van der Waals surface area contributed by atoms with Crippen molar-refractivity contribution >= 4 is 6.09 Å². The Hall–Kier alpha value is -1.69. The highest BCUT2D eigenvalue weighted by molar-refractivity contribution is 5.64. The van der Waals surface area contributed by atoms with E-state index in [9.17, 15) is 13.6 Å². The lowest BCUT2D eigenvalue weighted by atomic mass is 10.2. The molecule has 1 rings (SSSR count). The average Bonchev–Trinajstić information content (AvgIpc) is 2.21. The highest BCUT2D eigenvalue weighted by atomic mass is 19.1. The summed E-state index contributed by atoms with van der Waals surface area (Å²) in [6.45, 7) is 0.364. The summed E-state index contributed by atoms with van der Waals surface area (Å²) < 4.78 is 30.6. The quantitative estimate of drug-likeness (QED) is 0.746. The van der Waals surface area contributed by atoms with Crippen molar-refractivity contribution in [2.75, 3.05) is 13.2 Å². The number of hydrogen-bond donors (Lipinski definition) is 2. The first-order valence-electron chi connectivity index (χ1n) is 4.67. The van der Waals surface area contributed by atoms with Gasteiger partial charge in [-0.05, 0) is 12.1 Å². The van der Waals surface area contributed by atoms with Crippen LogP contribution in [-0.4, -0.2) is 19.2 Å². The summed E-state index contributed by atoms with van der Waals surface area (Å²) in [4.78, 5) is 10.2. The smallest absolute Gasteiger partial charge is 0.404 e. The molecule has 0 spiro atoms. The van der Waals surface area contributed by atoms with E-state index in [1.165, 1.54) is 18.2 Å². The standard InChI is InChI=1S/C10H12F2N2O2/c11-8-2-1-3-9(12)7(8)6-14-4-5-16-10(13)15/h1-3,14H,4-6H2,(H2,13,15). The third-order valence-electron chi connectivity index (χ3n) is 1.89. The lowest BCUT2D eigenvalue weighted by Gasteiger charge is -2.06. The zero-order valence-electron chi connectivity index (χ0n) is 8.50. The van der Waals surface area contributed by atoms with E-state index < -0.39 is 17.7 Å². The largest absolute Gasteiger partial charge is 0.448 e. The predicted molar refractivity (Wildman–Crippen MR) is 53.6 cm³/mol. The van der Waals surface area contributed by atoms with Gasteiger partial charge in [0.2, 0.25) is 0 Å². The van der Waals surface area contributed by atoms with Crippen LogP contribution in [0.4, 0.5) is 13.6 Å². The Morgan fingerprint density at radius 2 is 2.00 bits per heavy atom. The maximum atomic E-state index is 13.1. The number of nitrogens with two attached hydrogens (primary N) is 1. The molecule has 0 saturated heterocycles. The summed E-state index contributed by atoms with van der Waals surface area (Å²) in [7, 11) is 0. The van der Waals surface area contributed by atoms with Gasteiger partial charge in [0.15, 0.2) is 0 Å². The number of benzene rings is 1. The Bertz CT molecular complexity index is 352. The summed E-state index contributed by atoms with van der Waals surface area (Å²) in [5.74, 6) is -1.22. The molecule has 3 N–H and O–H groups in total. The van der Waals surface area contributed by atoms with Crippen LogP contribution in [0.15, 0.2) is 18.2 Å². The Morgan fingerprint density at radius 3 is 2.56 bits per heavy atom. The van der Waals surface area contributed by atoms with Crippen molar-refractivity contribution in [3.8, 4) is 0 Å². The molecule has 0 aliphatic rings. The van der Waals surface area contributed by atoms with Crippen molar-refractivity contribution < 1.29 is 18.3 Å². The fourth-order valence-corrected chi connectivity index (χ4v) is 1.14. The van der Waals surface area contributed by atoms with E-state index in [1.54, 1.807) is 0 Å². The van der Waals surface area contributed by atoms with E-state index in [0.717, 1.165) is 0 Å². The van der Waals surface area contributed by atoms with Crippen LogP contribution in [0.25, 0.3) is 0 Å². The van der Waals surface area contributed by atoms with Crippen molar-refractivity contribution in [3.63, 3.8) is 0 Å². The molecular formula is C10H12F2N2O2. The maximum absolute atomic E-state index is 13.1. The van der Waals surface area contributed by atoms with Crippen LogP contribution in [-0.2, 0) is 11.3 Å². The van der Waals surface area contributed by atoms with Gasteiger partial charge in [0, 0.05) is 18.7 Å². The molecule has 88 valence electrons. The normalized spacial score (nSPS) is 10.1. The number of nitrogens with one attached hydrogen (secondary N) is 1. The molecule has 0 saturated carbocycles. The van der Waals surface area contributed by atoms with E-state index >= 15 is 0 Å². The third kappa shape index (κ3) is 3.82. The van der Waals surface area contributed by atoms with E-state index in [-0.39, 0.29) is 25.3 Å². The molecule has 0 radical (unpaired) electrons. The Kier molecular flexibility index (Phi) is 4.65. The number of amides is 1. The number of halogens is 2. The first-order chi connectivity index (χ1) is 7.61. The molecule has 1 amide bonds. The summed E-state index contributed by atoms with van der Waals surface area (Å²) in [6.07, 6.45) is -0.876. The lowest BCUT2D eigenvalue weighted by Crippen LogP contribution is -2.24. The molecule has 0 aromatic heterocycles. The van der Waals surface area contributed by atoms with Crippen molar-refractivity contribution in [3.05, 3.63) is 35.4 Å². The number of hydrogen-bond acceptors (Lipinski definition) is 3. The second-order valence-corrected chi connectivity index (χ2v) is 3.04. The van der Waals surface area contributed by atoms with Gasteiger partial charge in [-0.15, -0.1) is 0 Å². The number of carbonyl (C=O) groups is 1. The first kappa shape index (κ1) is 12.4. The van der Waals surface area contributed by atoms with Crippen LogP contribution in [0.1, 0.15) is 5.56 Å². The zero-order chi connectivity index (χ0) is 12.0. The van der Waals surface area contributed by atoms with Gasteiger partial charge in [0.25, 0.3) is 0 Å². The molecule has 1 aromatic carbocycles. The molecule has 1 aromatic rings. The highest BCUT2D eigenvalue weighted by Gasteiger charge is 2.06. The second kappa shape index (κ2) is 6.02. The maximum Gasteiger partial charge on any atom is 0.404 e. The van der Waals surface area contributed by atoms with Crippen LogP contribution in [0.2, 0.25) is 0 Å². The molecule has 0 bridgehead atoms. The number of rotatable bonds is 5. The van der Waals surface area contributed by atoms with Crippen LogP contribution < -0.4 is 11.1 Å². The average molecular weight is 230 g/mol. The molecule has 0 heterocycles. The van der Waals surface area contributed by atoms with Gasteiger partial charge in [-0.1, -0.05) is 6.07 Å². The van der Waals surface area contributed by atoms with Gasteiger partial charge in [-0.2, -0.15) is 0 Å². The third-order valence-corrected chi connectivity index (χ3v) is 1.89. The lowest BCUT2D eigenvalue weighted by molar-refractivity contribution is 0.157. The number of ether oxygens (including phenoxy) is 1. The SMILES string of the molecule is NC(=O)OCCNCc1c(F)cccc1F. The summed E-state index contributed by atoms with van der Waals surface area (Å²) >= 11 is 0. The fourth-order valence-electron chi connectivity index (χ4n) is 1.14. The predicted octanol–water partition coefficient (Wildman–Crippen LogP) is 1.15. The van der Waals surface area contributed by atoms with Crippen LogP contribution in [0, 0.1) is 11.6 Å². The minimum absolute atomic E-state index is 0.0284. The first-order valence-corrected chi connectivity index (χ1v) is 4.67. The zero-order valence-corrected chi connectivity index (χ0v) is 8.50. The van der Waals surface area contributed by atoms with E-state index in [4.69, 9.17) is 5.73 Å². The fraction of sp³-hybridized carbons (Fsp3) is 0.300. The number of carbonyl (C=O) groups excluding carboxylic acids is 1. The Balaban J connectivity index is 2.34. The van der Waals surface area contributed by atoms with Gasteiger partial charge in [-0.25, -0.2) is 13.6 Å². The van der Waals surface area contributed by atoms with Crippen molar-refractivity contribution in [2.45, 2.75) is 6.54 Å². The summed E-state index contributed by atoms with van der Waals surface area (Å²) in [5, 5.41) is 2.73. The topological polar surface area (TPSA) is 64.4 Å². The van der Waals surface area contributed by atoms with Crippen LogP contribution in [0.5, 0.6) is 0 Å². The Labute approximate surface area is 91.4 Å². The van der Waals surface area contributed by atoms with Gasteiger partial charge >= 0.3 is 6.09 Å². The molecule has 4 nitrogen and oxygen atoms in total. The van der Waals surface area contributed by atoms with E-state index in [1.807, 2.05) is 0 Å². The molecule has 0 atom stereocenters. The minimum Gasteiger partial charge on any atom is -0.448 e. The summed E-state index contributed by atoms with van der Waals surface area (Å²) in [6, 6.07) is 3.66. The van der Waals surface area contributed by atoms with Crippen molar-refractivity contribution in [1.82, 2.24) is 5.32 Å². The van der Waals surface area contributed by atoms with Crippen molar-refractivity contribution in [2.24, 2.45) is 5.73 Å². The van der Waals surface area contributed by atoms with Crippen LogP contribution >= 0.6 is 0 Å². The van der Waals surface area contributed by atoms with Gasteiger partial charge in [0.1, 0.15) is 18.2 Å². The van der Waals surface area contributed by atoms with Crippen molar-refractivity contribution in [1.29, 1.82) is 0 Å². The molecule has 0 unspecified atom stereocenters. The van der Waals surface area contributed by atoms with Gasteiger partial charge in [0.05, 0.1) is 0 Å². The molecule has 0 aliphatic heterocycles.